The molecular weight excluding hydrogens is 234 g/mol. The second-order valence-corrected chi connectivity index (χ2v) is 4.53. The molecule has 7 heteroatoms. The highest BCUT2D eigenvalue weighted by atomic mass is 16.5. The molecule has 2 rings (SSSR count). The SMILES string of the molecule is Cc1nc(CCNC2CCN(C(N)=O)CC2)no1. The summed E-state index contributed by atoms with van der Waals surface area (Å²) in [5, 5.41) is 7.28. The molecule has 0 bridgehead atoms. The van der Waals surface area contributed by atoms with E-state index in [1.807, 2.05) is 0 Å². The number of carbonyl (C=O) groups excluding carboxylic acids is 1. The van der Waals surface area contributed by atoms with Crippen LogP contribution in [0.5, 0.6) is 0 Å². The Morgan fingerprint density at radius 3 is 2.83 bits per heavy atom. The molecule has 18 heavy (non-hydrogen) atoms. The molecule has 0 spiro atoms. The predicted molar refractivity (Wildman–Crippen MR) is 64.9 cm³/mol. The molecule has 1 aromatic rings. The number of hydrogen-bond donors (Lipinski definition) is 2. The number of nitrogens with zero attached hydrogens (tertiary/aromatic N) is 3. The first-order valence-corrected chi connectivity index (χ1v) is 6.22. The van der Waals surface area contributed by atoms with Crippen molar-refractivity contribution in [2.75, 3.05) is 19.6 Å². The van der Waals surface area contributed by atoms with Gasteiger partial charge in [0.15, 0.2) is 5.82 Å². The standard InChI is InChI=1S/C11H19N5O2/c1-8-14-10(15-18-8)2-5-13-9-3-6-16(7-4-9)11(12)17/h9,13H,2-7H2,1H3,(H2,12,17). The number of likely N-dealkylation sites (tertiary alicyclic amines) is 1. The number of primary amides is 1. The fourth-order valence-corrected chi connectivity index (χ4v) is 2.13. The fraction of sp³-hybridized carbons (Fsp3) is 0.727. The van der Waals surface area contributed by atoms with Crippen LogP contribution in [0.15, 0.2) is 4.52 Å². The van der Waals surface area contributed by atoms with Crippen molar-refractivity contribution < 1.29 is 9.32 Å². The van der Waals surface area contributed by atoms with Gasteiger partial charge in [-0.1, -0.05) is 5.16 Å². The summed E-state index contributed by atoms with van der Waals surface area (Å²) in [6.45, 7) is 4.06. The summed E-state index contributed by atoms with van der Waals surface area (Å²) in [6.07, 6.45) is 2.63. The highest BCUT2D eigenvalue weighted by molar-refractivity contribution is 5.72. The molecule has 0 unspecified atom stereocenters. The van der Waals surface area contributed by atoms with Crippen molar-refractivity contribution >= 4 is 6.03 Å². The van der Waals surface area contributed by atoms with Crippen molar-refractivity contribution in [2.45, 2.75) is 32.2 Å². The van der Waals surface area contributed by atoms with E-state index in [4.69, 9.17) is 10.3 Å². The number of amides is 2. The Morgan fingerprint density at radius 2 is 2.28 bits per heavy atom. The van der Waals surface area contributed by atoms with Gasteiger partial charge in [0.25, 0.3) is 0 Å². The summed E-state index contributed by atoms with van der Waals surface area (Å²) in [5.41, 5.74) is 5.23. The molecule has 0 aromatic carbocycles. The molecule has 3 N–H and O–H groups in total. The number of nitrogens with one attached hydrogen (secondary N) is 1. The number of carbonyl (C=O) groups is 1. The van der Waals surface area contributed by atoms with E-state index in [0.29, 0.717) is 11.9 Å². The van der Waals surface area contributed by atoms with Crippen LogP contribution in [0.2, 0.25) is 0 Å². The fourth-order valence-electron chi connectivity index (χ4n) is 2.13. The Balaban J connectivity index is 1.65. The second-order valence-electron chi connectivity index (χ2n) is 4.53. The molecule has 100 valence electrons. The topological polar surface area (TPSA) is 97.3 Å². The van der Waals surface area contributed by atoms with Crippen LogP contribution in [0.3, 0.4) is 0 Å². The Labute approximate surface area is 106 Å². The number of piperidine rings is 1. The van der Waals surface area contributed by atoms with Crippen molar-refractivity contribution in [1.82, 2.24) is 20.4 Å². The van der Waals surface area contributed by atoms with Crippen LogP contribution in [0.4, 0.5) is 4.79 Å². The number of hydrogen-bond acceptors (Lipinski definition) is 5. The van der Waals surface area contributed by atoms with Gasteiger partial charge in [0.1, 0.15) is 0 Å². The molecule has 1 fully saturated rings. The van der Waals surface area contributed by atoms with Crippen molar-refractivity contribution in [3.8, 4) is 0 Å². The van der Waals surface area contributed by atoms with Gasteiger partial charge in [-0.15, -0.1) is 0 Å². The summed E-state index contributed by atoms with van der Waals surface area (Å²) in [4.78, 5) is 16.8. The first kappa shape index (κ1) is 12.8. The largest absolute Gasteiger partial charge is 0.351 e. The number of aryl methyl sites for hydroxylation is 1. The quantitative estimate of drug-likeness (QED) is 0.790. The zero-order valence-electron chi connectivity index (χ0n) is 10.6. The van der Waals surface area contributed by atoms with Crippen LogP contribution in [0.1, 0.15) is 24.6 Å². The summed E-state index contributed by atoms with van der Waals surface area (Å²) in [7, 11) is 0. The molecule has 1 aromatic heterocycles. The smallest absolute Gasteiger partial charge is 0.314 e. The number of rotatable bonds is 4. The Bertz CT molecular complexity index is 398. The van der Waals surface area contributed by atoms with Crippen LogP contribution in [0, 0.1) is 6.92 Å². The van der Waals surface area contributed by atoms with Gasteiger partial charge >= 0.3 is 6.03 Å². The minimum absolute atomic E-state index is 0.323. The molecular formula is C11H19N5O2. The Morgan fingerprint density at radius 1 is 1.56 bits per heavy atom. The summed E-state index contributed by atoms with van der Waals surface area (Å²) in [5.74, 6) is 1.33. The average molecular weight is 253 g/mol. The van der Waals surface area contributed by atoms with Crippen LogP contribution in [-0.2, 0) is 6.42 Å². The second kappa shape index (κ2) is 5.81. The highest BCUT2D eigenvalue weighted by Gasteiger charge is 2.20. The normalized spacial score (nSPS) is 17.1. The van der Waals surface area contributed by atoms with E-state index in [0.717, 1.165) is 44.7 Å². The minimum Gasteiger partial charge on any atom is -0.351 e. The molecule has 0 saturated carbocycles. The maximum atomic E-state index is 11.0. The summed E-state index contributed by atoms with van der Waals surface area (Å²) in [6, 6.07) is 0.115. The van der Waals surface area contributed by atoms with E-state index in [1.54, 1.807) is 11.8 Å². The molecule has 1 aliphatic rings. The van der Waals surface area contributed by atoms with Crippen LogP contribution in [0.25, 0.3) is 0 Å². The van der Waals surface area contributed by atoms with E-state index >= 15 is 0 Å². The van der Waals surface area contributed by atoms with E-state index in [-0.39, 0.29) is 6.03 Å². The lowest BCUT2D eigenvalue weighted by Crippen LogP contribution is -2.47. The van der Waals surface area contributed by atoms with E-state index < -0.39 is 0 Å². The van der Waals surface area contributed by atoms with Gasteiger partial charge in [0.05, 0.1) is 0 Å². The lowest BCUT2D eigenvalue weighted by atomic mass is 10.1. The van der Waals surface area contributed by atoms with Crippen molar-refractivity contribution in [2.24, 2.45) is 5.73 Å². The van der Waals surface area contributed by atoms with Gasteiger partial charge in [-0.3, -0.25) is 0 Å². The highest BCUT2D eigenvalue weighted by Crippen LogP contribution is 2.09. The Kier molecular flexibility index (Phi) is 4.14. The molecule has 2 amide bonds. The van der Waals surface area contributed by atoms with Crippen LogP contribution in [-0.4, -0.2) is 46.7 Å². The molecule has 2 heterocycles. The lowest BCUT2D eigenvalue weighted by molar-refractivity contribution is 0.185. The molecule has 0 radical (unpaired) electrons. The van der Waals surface area contributed by atoms with Crippen molar-refractivity contribution in [3.05, 3.63) is 11.7 Å². The minimum atomic E-state index is -0.323. The molecule has 0 atom stereocenters. The predicted octanol–water partition coefficient (Wildman–Crippen LogP) is 0.0532. The van der Waals surface area contributed by atoms with Crippen molar-refractivity contribution in [3.63, 3.8) is 0 Å². The van der Waals surface area contributed by atoms with Gasteiger partial charge in [0.2, 0.25) is 5.89 Å². The number of aromatic nitrogens is 2. The molecule has 0 aliphatic carbocycles. The third kappa shape index (κ3) is 3.43. The summed E-state index contributed by atoms with van der Waals surface area (Å²) >= 11 is 0. The monoisotopic (exact) mass is 253 g/mol. The van der Waals surface area contributed by atoms with Crippen LogP contribution < -0.4 is 11.1 Å². The number of urea groups is 1. The lowest BCUT2D eigenvalue weighted by Gasteiger charge is -2.31. The van der Waals surface area contributed by atoms with E-state index in [9.17, 15) is 4.79 Å². The zero-order chi connectivity index (χ0) is 13.0. The van der Waals surface area contributed by atoms with Gasteiger partial charge < -0.3 is 20.5 Å². The van der Waals surface area contributed by atoms with E-state index in [2.05, 4.69) is 15.5 Å². The molecule has 7 nitrogen and oxygen atoms in total. The first-order valence-electron chi connectivity index (χ1n) is 6.22. The van der Waals surface area contributed by atoms with Gasteiger partial charge in [-0.05, 0) is 12.8 Å². The average Bonchev–Trinajstić information content (AvgIpc) is 2.76. The maximum Gasteiger partial charge on any atom is 0.314 e. The number of nitrogens with two attached hydrogens (primary N) is 1. The molecule has 1 saturated heterocycles. The third-order valence-electron chi connectivity index (χ3n) is 3.16. The van der Waals surface area contributed by atoms with Gasteiger partial charge in [-0.25, -0.2) is 4.79 Å². The van der Waals surface area contributed by atoms with Crippen LogP contribution >= 0.6 is 0 Å². The first-order chi connectivity index (χ1) is 8.65. The zero-order valence-corrected chi connectivity index (χ0v) is 10.6. The Hall–Kier alpha value is -1.63. The molecule has 1 aliphatic heterocycles. The third-order valence-corrected chi connectivity index (χ3v) is 3.16. The van der Waals surface area contributed by atoms with Gasteiger partial charge in [0, 0.05) is 39.0 Å². The summed E-state index contributed by atoms with van der Waals surface area (Å²) < 4.78 is 4.90. The maximum absolute atomic E-state index is 11.0. The van der Waals surface area contributed by atoms with E-state index in [1.165, 1.54) is 0 Å². The van der Waals surface area contributed by atoms with Crippen molar-refractivity contribution in [1.29, 1.82) is 0 Å². The van der Waals surface area contributed by atoms with Gasteiger partial charge in [-0.2, -0.15) is 4.98 Å².